The number of ketones is 1. The van der Waals surface area contributed by atoms with Gasteiger partial charge in [0, 0.05) is 69.7 Å². The van der Waals surface area contributed by atoms with E-state index in [0.717, 1.165) is 78.7 Å². The zero-order chi connectivity index (χ0) is 30.6. The van der Waals surface area contributed by atoms with Crippen LogP contribution in [0.25, 0.3) is 5.65 Å². The fraction of sp³-hybridized carbons (Fsp3) is 0.306. The quantitative estimate of drug-likeness (QED) is 0.195. The molecule has 2 aromatic carbocycles. The van der Waals surface area contributed by atoms with Crippen LogP contribution in [-0.2, 0) is 20.0 Å². The number of nitrogens with zero attached hydrogens (tertiary/aromatic N) is 6. The number of likely N-dealkylation sites (N-methyl/N-ethyl adjacent to an activating group) is 1. The second-order valence-electron chi connectivity index (χ2n) is 11.6. The molecule has 0 amide bonds. The molecule has 6 rings (SSSR count). The lowest BCUT2D eigenvalue weighted by atomic mass is 9.96. The first-order chi connectivity index (χ1) is 21.4. The van der Waals surface area contributed by atoms with Crippen LogP contribution < -0.4 is 5.32 Å². The standard InChI is InChI=1S/C36H39N7O/c1-5-41-15-17-42(18-16-41)24-31-11-9-28(19-27(31)3)20-35(44)30-10-8-26(2)29(21-30)12-13-33-23-37-36-34(7-6-14-43(33)36)39-32-22-38-40(4)25-32/h6-11,14,19,21-23,25,39H,5,15-18,20,24H2,1-4H3. The van der Waals surface area contributed by atoms with E-state index >= 15 is 0 Å². The van der Waals surface area contributed by atoms with E-state index in [4.69, 9.17) is 0 Å². The van der Waals surface area contributed by atoms with Crippen molar-refractivity contribution in [3.63, 3.8) is 0 Å². The first kappa shape index (κ1) is 29.4. The molecule has 0 bridgehead atoms. The second-order valence-corrected chi connectivity index (χ2v) is 11.6. The van der Waals surface area contributed by atoms with Gasteiger partial charge in [-0.15, -0.1) is 0 Å². The summed E-state index contributed by atoms with van der Waals surface area (Å²) in [5.41, 5.74) is 9.48. The summed E-state index contributed by atoms with van der Waals surface area (Å²) >= 11 is 0. The highest BCUT2D eigenvalue weighted by atomic mass is 16.1. The Bertz CT molecular complexity index is 1860. The average molecular weight is 586 g/mol. The summed E-state index contributed by atoms with van der Waals surface area (Å²) in [4.78, 5) is 23.0. The topological polar surface area (TPSA) is 70.7 Å². The van der Waals surface area contributed by atoms with Gasteiger partial charge in [0.2, 0.25) is 0 Å². The maximum Gasteiger partial charge on any atom is 0.167 e. The number of pyridine rings is 1. The van der Waals surface area contributed by atoms with Crippen molar-refractivity contribution in [2.45, 2.75) is 33.7 Å². The number of aromatic nitrogens is 4. The molecule has 3 aromatic heterocycles. The summed E-state index contributed by atoms with van der Waals surface area (Å²) in [6, 6.07) is 16.2. The Labute approximate surface area is 259 Å². The van der Waals surface area contributed by atoms with Crippen LogP contribution in [0.5, 0.6) is 0 Å². The Morgan fingerprint density at radius 2 is 1.77 bits per heavy atom. The van der Waals surface area contributed by atoms with Gasteiger partial charge in [0.25, 0.3) is 0 Å². The largest absolute Gasteiger partial charge is 0.350 e. The van der Waals surface area contributed by atoms with E-state index in [-0.39, 0.29) is 5.78 Å². The maximum absolute atomic E-state index is 13.4. The number of aryl methyl sites for hydroxylation is 3. The zero-order valence-electron chi connectivity index (χ0n) is 26.0. The number of hydrogen-bond donors (Lipinski definition) is 1. The highest BCUT2D eigenvalue weighted by Gasteiger charge is 2.17. The van der Waals surface area contributed by atoms with Crippen LogP contribution in [0.15, 0.2) is 73.3 Å². The zero-order valence-corrected chi connectivity index (χ0v) is 26.0. The number of fused-ring (bicyclic) bond motifs is 1. The number of rotatable bonds is 8. The molecule has 1 aliphatic rings. The van der Waals surface area contributed by atoms with Gasteiger partial charge in [0.05, 0.1) is 23.8 Å². The highest BCUT2D eigenvalue weighted by Crippen LogP contribution is 2.22. The number of Topliss-reactive ketones (excluding diaryl/α,β-unsaturated/α-hetero) is 1. The maximum atomic E-state index is 13.4. The molecule has 5 aromatic rings. The number of carbonyl (C=O) groups excluding carboxylic acids is 1. The molecule has 224 valence electrons. The molecular weight excluding hydrogens is 546 g/mol. The molecule has 1 fully saturated rings. The minimum atomic E-state index is 0.0943. The minimum absolute atomic E-state index is 0.0943. The Hall–Kier alpha value is -4.71. The van der Waals surface area contributed by atoms with E-state index in [9.17, 15) is 4.79 Å². The lowest BCUT2D eigenvalue weighted by molar-refractivity contribution is 0.0993. The number of imidazole rings is 1. The molecule has 0 saturated carbocycles. The van der Waals surface area contributed by atoms with E-state index in [2.05, 4.69) is 69.1 Å². The Kier molecular flexibility index (Phi) is 8.60. The molecule has 0 spiro atoms. The summed E-state index contributed by atoms with van der Waals surface area (Å²) in [6.07, 6.45) is 7.78. The van der Waals surface area contributed by atoms with Gasteiger partial charge in [-0.2, -0.15) is 5.10 Å². The van der Waals surface area contributed by atoms with Crippen molar-refractivity contribution in [3.05, 3.63) is 112 Å². The summed E-state index contributed by atoms with van der Waals surface area (Å²) in [5.74, 6) is 6.67. The van der Waals surface area contributed by atoms with Crippen molar-refractivity contribution in [2.75, 3.05) is 38.0 Å². The Balaban J connectivity index is 1.15. The fourth-order valence-corrected chi connectivity index (χ4v) is 5.74. The van der Waals surface area contributed by atoms with Gasteiger partial charge in [-0.05, 0) is 66.8 Å². The van der Waals surface area contributed by atoms with Crippen LogP contribution in [0.4, 0.5) is 11.4 Å². The first-order valence-electron chi connectivity index (χ1n) is 15.3. The molecule has 0 radical (unpaired) electrons. The normalized spacial score (nSPS) is 14.0. The smallest absolute Gasteiger partial charge is 0.167 e. The third kappa shape index (κ3) is 6.60. The van der Waals surface area contributed by atoms with Gasteiger partial charge in [0.15, 0.2) is 11.4 Å². The van der Waals surface area contributed by atoms with Crippen LogP contribution in [-0.4, -0.2) is 67.5 Å². The van der Waals surface area contributed by atoms with E-state index in [1.54, 1.807) is 17.1 Å². The number of nitrogens with one attached hydrogen (secondary N) is 1. The lowest BCUT2D eigenvalue weighted by Gasteiger charge is -2.34. The number of carbonyl (C=O) groups is 1. The summed E-state index contributed by atoms with van der Waals surface area (Å²) in [5, 5.41) is 7.60. The molecule has 1 saturated heterocycles. The average Bonchev–Trinajstić information content (AvgIpc) is 3.64. The number of hydrogen-bond acceptors (Lipinski definition) is 6. The second kappa shape index (κ2) is 12.9. The summed E-state index contributed by atoms with van der Waals surface area (Å²) < 4.78 is 3.72. The van der Waals surface area contributed by atoms with Crippen LogP contribution in [0.2, 0.25) is 0 Å². The third-order valence-electron chi connectivity index (χ3n) is 8.48. The van der Waals surface area contributed by atoms with Gasteiger partial charge in [-0.25, -0.2) is 4.98 Å². The molecule has 1 N–H and O–H groups in total. The SMILES string of the molecule is CCN1CCN(Cc2ccc(CC(=O)c3ccc(C)c(C#Cc4cnc5c(Nc6cnn(C)c6)cccn45)c3)cc2C)CC1. The van der Waals surface area contributed by atoms with Crippen molar-refractivity contribution in [1.82, 2.24) is 29.0 Å². The lowest BCUT2D eigenvalue weighted by Crippen LogP contribution is -2.45. The highest BCUT2D eigenvalue weighted by molar-refractivity contribution is 5.98. The molecule has 8 heteroatoms. The van der Waals surface area contributed by atoms with Gasteiger partial charge in [0.1, 0.15) is 5.69 Å². The van der Waals surface area contributed by atoms with Gasteiger partial charge < -0.3 is 10.2 Å². The van der Waals surface area contributed by atoms with E-state index < -0.39 is 0 Å². The van der Waals surface area contributed by atoms with Crippen molar-refractivity contribution < 1.29 is 4.79 Å². The molecular formula is C36H39N7O. The number of piperazine rings is 1. The van der Waals surface area contributed by atoms with E-state index in [1.165, 1.54) is 11.1 Å². The van der Waals surface area contributed by atoms with Crippen LogP contribution >= 0.6 is 0 Å². The molecule has 8 nitrogen and oxygen atoms in total. The molecule has 0 atom stereocenters. The van der Waals surface area contributed by atoms with Gasteiger partial charge >= 0.3 is 0 Å². The van der Waals surface area contributed by atoms with Gasteiger partial charge in [-0.1, -0.05) is 43.2 Å². The monoisotopic (exact) mass is 585 g/mol. The summed E-state index contributed by atoms with van der Waals surface area (Å²) in [7, 11) is 1.88. The minimum Gasteiger partial charge on any atom is -0.350 e. The molecule has 1 aliphatic heterocycles. The molecule has 44 heavy (non-hydrogen) atoms. The van der Waals surface area contributed by atoms with Crippen LogP contribution in [0, 0.1) is 25.7 Å². The predicted molar refractivity (Wildman–Crippen MR) is 175 cm³/mol. The molecule has 0 aliphatic carbocycles. The van der Waals surface area contributed by atoms with Crippen LogP contribution in [0.3, 0.4) is 0 Å². The van der Waals surface area contributed by atoms with Crippen molar-refractivity contribution in [2.24, 2.45) is 7.05 Å². The van der Waals surface area contributed by atoms with Gasteiger partial charge in [-0.3, -0.25) is 18.8 Å². The fourth-order valence-electron chi connectivity index (χ4n) is 5.74. The molecule has 0 unspecified atom stereocenters. The summed E-state index contributed by atoms with van der Waals surface area (Å²) in [6.45, 7) is 13.0. The van der Waals surface area contributed by atoms with Crippen molar-refractivity contribution >= 4 is 22.8 Å². The third-order valence-corrected chi connectivity index (χ3v) is 8.48. The predicted octanol–water partition coefficient (Wildman–Crippen LogP) is 5.39. The van der Waals surface area contributed by atoms with Crippen molar-refractivity contribution in [3.8, 4) is 11.8 Å². The Morgan fingerprint density at radius 3 is 2.52 bits per heavy atom. The Morgan fingerprint density at radius 1 is 0.955 bits per heavy atom. The molecule has 4 heterocycles. The van der Waals surface area contributed by atoms with E-state index in [1.807, 2.05) is 61.1 Å². The van der Waals surface area contributed by atoms with Crippen LogP contribution in [0.1, 0.15) is 50.8 Å². The number of anilines is 2. The van der Waals surface area contributed by atoms with E-state index in [0.29, 0.717) is 12.0 Å². The first-order valence-corrected chi connectivity index (χ1v) is 15.3. The van der Waals surface area contributed by atoms with Crippen molar-refractivity contribution in [1.29, 1.82) is 0 Å². The number of benzene rings is 2.